The van der Waals surface area contributed by atoms with E-state index in [4.69, 9.17) is 21.4 Å². The fourth-order valence-electron chi connectivity index (χ4n) is 9.55. The van der Waals surface area contributed by atoms with E-state index >= 15 is 4.79 Å². The van der Waals surface area contributed by atoms with Crippen LogP contribution >= 0.6 is 45.5 Å². The number of benzene rings is 3. The first kappa shape index (κ1) is 35.2. The Morgan fingerprint density at radius 1 is 0.963 bits per heavy atom. The largest absolute Gasteiger partial charge is 0.504 e. The Labute approximate surface area is 333 Å². The van der Waals surface area contributed by atoms with Gasteiger partial charge in [-0.3, -0.25) is 28.8 Å². The van der Waals surface area contributed by atoms with Crippen molar-refractivity contribution in [2.24, 2.45) is 36.1 Å². The molecule has 2 aliphatic carbocycles. The van der Waals surface area contributed by atoms with Crippen LogP contribution in [0, 0.1) is 39.6 Å². The van der Waals surface area contributed by atoms with E-state index in [1.807, 2.05) is 50.3 Å². The first-order valence-corrected chi connectivity index (χ1v) is 19.9. The van der Waals surface area contributed by atoms with Crippen LogP contribution in [0.15, 0.2) is 78.4 Å². The highest BCUT2D eigenvalue weighted by atomic mass is 127. The number of methoxy groups -OCH3 is 1. The zero-order chi connectivity index (χ0) is 38.0. The molecular weight excluding hydrogens is 839 g/mol. The van der Waals surface area contributed by atoms with Crippen molar-refractivity contribution in [2.45, 2.75) is 32.6 Å². The molecule has 2 saturated heterocycles. The fraction of sp³-hybridized carbons (Fsp3) is 0.293. The zero-order valence-electron chi connectivity index (χ0n) is 29.7. The number of rotatable bonds is 5. The molecule has 274 valence electrons. The topological polar surface area (TPSA) is 122 Å². The molecule has 6 unspecified atom stereocenters. The average molecular weight is 873 g/mol. The number of hydrogen-bond acceptors (Lipinski definition) is 8. The number of ether oxygens (including phenoxy) is 1. The lowest BCUT2D eigenvalue weighted by atomic mass is 9.51. The maximum absolute atomic E-state index is 15.1. The molecule has 9 rings (SSSR count). The molecule has 4 heterocycles. The number of aromatic hydroxyl groups is 1. The van der Waals surface area contributed by atoms with Crippen molar-refractivity contribution >= 4 is 90.7 Å². The number of allylic oxidation sites excluding steroid dienone is 2. The number of aryl methyl sites for hydroxylation is 2. The maximum Gasteiger partial charge on any atom is 0.242 e. The molecule has 3 aromatic carbocycles. The number of aromatic nitrogens is 2. The fourth-order valence-corrected chi connectivity index (χ4v) is 11.2. The summed E-state index contributed by atoms with van der Waals surface area (Å²) in [6, 6.07) is 19.8. The molecule has 2 aromatic heterocycles. The van der Waals surface area contributed by atoms with E-state index in [1.165, 1.54) is 23.0 Å². The molecular formula is C41H34ClIN4O6S. The zero-order valence-corrected chi connectivity index (χ0v) is 33.4. The molecule has 4 amide bonds. The van der Waals surface area contributed by atoms with Gasteiger partial charge in [0.25, 0.3) is 0 Å². The highest BCUT2D eigenvalue weighted by Crippen LogP contribution is 2.64. The Morgan fingerprint density at radius 3 is 2.46 bits per heavy atom. The number of anilines is 2. The molecule has 1 saturated carbocycles. The molecule has 1 N–H and O–H groups in total. The Hall–Kier alpha value is -4.53. The number of thiophene rings is 1. The van der Waals surface area contributed by atoms with Gasteiger partial charge in [-0.2, -0.15) is 5.10 Å². The van der Waals surface area contributed by atoms with Gasteiger partial charge < -0.3 is 9.84 Å². The third-order valence-electron chi connectivity index (χ3n) is 12.1. The van der Waals surface area contributed by atoms with Crippen molar-refractivity contribution in [3.05, 3.63) is 98.1 Å². The summed E-state index contributed by atoms with van der Waals surface area (Å²) in [7, 11) is 3.18. The maximum atomic E-state index is 15.1. The molecule has 4 aliphatic rings. The minimum absolute atomic E-state index is 0.0607. The first-order valence-electron chi connectivity index (χ1n) is 17.6. The van der Waals surface area contributed by atoms with Crippen LogP contribution in [0.4, 0.5) is 11.5 Å². The summed E-state index contributed by atoms with van der Waals surface area (Å²) in [6.45, 7) is 3.84. The van der Waals surface area contributed by atoms with E-state index in [0.29, 0.717) is 34.2 Å². The van der Waals surface area contributed by atoms with Gasteiger partial charge in [0, 0.05) is 32.3 Å². The molecule has 13 heteroatoms. The van der Waals surface area contributed by atoms with Gasteiger partial charge in [-0.05, 0) is 126 Å². The lowest BCUT2D eigenvalue weighted by Gasteiger charge is -2.49. The number of carbonyl (C=O) groups is 4. The standard InChI is InChI=1S/C41H34ClIN4O6S/c1-19-26-16-21(42)6-14-32(26)54-36(19)29-18-33(45(3)44-29)47-38(50)28-17-27-24(35(41(28,2)40(47)52)20-5-13-30(48)31(15-20)53-4)11-12-25-34(27)39(51)46(37(25)49)23-9-7-22(43)8-10-23/h5-11,13-16,18,25,27-28,34-35,48H,12,17H2,1-4H3. The van der Waals surface area contributed by atoms with Crippen LogP contribution in [0.1, 0.15) is 36.8 Å². The summed E-state index contributed by atoms with van der Waals surface area (Å²) in [5, 5.41) is 17.0. The molecule has 0 radical (unpaired) electrons. The lowest BCUT2D eigenvalue weighted by Crippen LogP contribution is -2.48. The average Bonchev–Trinajstić information content (AvgIpc) is 3.82. The lowest BCUT2D eigenvalue weighted by molar-refractivity contribution is -0.131. The van der Waals surface area contributed by atoms with Crippen molar-refractivity contribution in [3.8, 4) is 22.1 Å². The number of phenolic OH excluding ortho intramolecular Hbond substituents is 1. The quantitative estimate of drug-likeness (QED) is 0.108. The minimum Gasteiger partial charge on any atom is -0.504 e. The molecule has 6 atom stereocenters. The van der Waals surface area contributed by atoms with Crippen LogP contribution in [0.3, 0.4) is 0 Å². The summed E-state index contributed by atoms with van der Waals surface area (Å²) in [5.74, 6) is -4.04. The number of halogens is 2. The first-order chi connectivity index (χ1) is 25.8. The number of imide groups is 2. The number of fused-ring (bicyclic) bond motifs is 5. The van der Waals surface area contributed by atoms with Gasteiger partial charge in [-0.1, -0.05) is 29.3 Å². The molecule has 5 aromatic rings. The SMILES string of the molecule is COc1cc(C2C3=CCC4C(=O)N(c5ccc(I)cc5)C(=O)C4C3CC3C(=O)N(c4cc(-c5sc6ccc(Cl)cc6c5C)nn4C)C(=O)C32C)ccc1O. The second-order valence-corrected chi connectivity index (χ2v) is 17.5. The number of phenols is 1. The van der Waals surface area contributed by atoms with Gasteiger partial charge in [0.2, 0.25) is 23.6 Å². The van der Waals surface area contributed by atoms with Gasteiger partial charge in [0.15, 0.2) is 11.5 Å². The van der Waals surface area contributed by atoms with E-state index in [1.54, 1.807) is 53.4 Å². The minimum atomic E-state index is -1.27. The normalized spacial score (nSPS) is 26.3. The van der Waals surface area contributed by atoms with Gasteiger partial charge in [0.05, 0.1) is 40.8 Å². The van der Waals surface area contributed by atoms with E-state index < -0.39 is 35.0 Å². The Balaban J connectivity index is 1.16. The predicted molar refractivity (Wildman–Crippen MR) is 215 cm³/mol. The highest BCUT2D eigenvalue weighted by molar-refractivity contribution is 14.1. The highest BCUT2D eigenvalue weighted by Gasteiger charge is 2.68. The predicted octanol–water partition coefficient (Wildman–Crippen LogP) is 8.02. The molecule has 3 fully saturated rings. The van der Waals surface area contributed by atoms with Crippen LogP contribution < -0.4 is 14.5 Å². The van der Waals surface area contributed by atoms with Crippen LogP contribution in [-0.4, -0.2) is 45.6 Å². The molecule has 54 heavy (non-hydrogen) atoms. The number of amides is 4. The van der Waals surface area contributed by atoms with Crippen molar-refractivity contribution in [3.63, 3.8) is 0 Å². The van der Waals surface area contributed by atoms with Crippen LogP contribution in [0.5, 0.6) is 11.5 Å². The Kier molecular flexibility index (Phi) is 8.15. The third kappa shape index (κ3) is 4.91. The summed E-state index contributed by atoms with van der Waals surface area (Å²) in [5.41, 5.74) is 2.40. The van der Waals surface area contributed by atoms with Crippen molar-refractivity contribution in [1.82, 2.24) is 9.78 Å². The number of carbonyl (C=O) groups excluding carboxylic acids is 4. The van der Waals surface area contributed by atoms with E-state index in [0.717, 1.165) is 29.7 Å². The molecule has 0 spiro atoms. The summed E-state index contributed by atoms with van der Waals surface area (Å²) < 4.78 is 9.11. The van der Waals surface area contributed by atoms with Gasteiger partial charge in [0.1, 0.15) is 11.5 Å². The Morgan fingerprint density at radius 2 is 1.72 bits per heavy atom. The third-order valence-corrected chi connectivity index (χ3v) is 14.4. The number of hydrogen-bond donors (Lipinski definition) is 1. The molecule has 10 nitrogen and oxygen atoms in total. The van der Waals surface area contributed by atoms with E-state index in [2.05, 4.69) is 22.6 Å². The summed E-state index contributed by atoms with van der Waals surface area (Å²) >= 11 is 10.1. The number of nitrogens with zero attached hydrogens (tertiary/aromatic N) is 4. The second-order valence-electron chi connectivity index (χ2n) is 14.8. The van der Waals surface area contributed by atoms with Gasteiger partial charge >= 0.3 is 0 Å². The molecule has 0 bridgehead atoms. The van der Waals surface area contributed by atoms with E-state index in [-0.39, 0.29) is 41.5 Å². The Bertz CT molecular complexity index is 2510. The van der Waals surface area contributed by atoms with E-state index in [9.17, 15) is 19.5 Å². The van der Waals surface area contributed by atoms with Crippen LogP contribution in [0.25, 0.3) is 20.7 Å². The smallest absolute Gasteiger partial charge is 0.242 e. The second kappa shape index (κ2) is 12.5. The van der Waals surface area contributed by atoms with Gasteiger partial charge in [-0.15, -0.1) is 11.3 Å². The van der Waals surface area contributed by atoms with Gasteiger partial charge in [-0.25, -0.2) is 4.90 Å². The van der Waals surface area contributed by atoms with Crippen LogP contribution in [-0.2, 0) is 26.2 Å². The molecule has 2 aliphatic heterocycles. The van der Waals surface area contributed by atoms with Crippen molar-refractivity contribution in [1.29, 1.82) is 0 Å². The van der Waals surface area contributed by atoms with Crippen molar-refractivity contribution in [2.75, 3.05) is 16.9 Å². The summed E-state index contributed by atoms with van der Waals surface area (Å²) in [6.07, 6.45) is 2.56. The van der Waals surface area contributed by atoms with Crippen LogP contribution in [0.2, 0.25) is 5.02 Å². The summed E-state index contributed by atoms with van der Waals surface area (Å²) in [4.78, 5) is 61.9. The van der Waals surface area contributed by atoms with Crippen molar-refractivity contribution < 1.29 is 29.0 Å². The monoisotopic (exact) mass is 872 g/mol.